The number of likely N-dealkylation sites (N-methyl/N-ethyl adjacent to an activating group) is 2. The second-order valence-corrected chi connectivity index (χ2v) is 5.27. The minimum Gasteiger partial charge on any atom is -0.374 e. The van der Waals surface area contributed by atoms with E-state index in [9.17, 15) is 0 Å². The van der Waals surface area contributed by atoms with Gasteiger partial charge in [-0.1, -0.05) is 6.92 Å². The SMILES string of the molecule is CCN1CCOC(CN2CCCC(NC)C2)C1. The number of rotatable bonds is 4. The van der Waals surface area contributed by atoms with Gasteiger partial charge in [-0.3, -0.25) is 9.80 Å². The van der Waals surface area contributed by atoms with Crippen molar-refractivity contribution in [1.82, 2.24) is 15.1 Å². The van der Waals surface area contributed by atoms with Crippen LogP contribution < -0.4 is 5.32 Å². The molecule has 0 amide bonds. The summed E-state index contributed by atoms with van der Waals surface area (Å²) in [6.45, 7) is 10.0. The Hall–Kier alpha value is -0.160. The molecule has 2 heterocycles. The van der Waals surface area contributed by atoms with Crippen LogP contribution in [0.15, 0.2) is 0 Å². The summed E-state index contributed by atoms with van der Waals surface area (Å²) in [7, 11) is 2.07. The van der Waals surface area contributed by atoms with Gasteiger partial charge in [0.1, 0.15) is 0 Å². The molecule has 1 N–H and O–H groups in total. The van der Waals surface area contributed by atoms with Gasteiger partial charge in [0.05, 0.1) is 12.7 Å². The largest absolute Gasteiger partial charge is 0.374 e. The van der Waals surface area contributed by atoms with E-state index in [0.717, 1.165) is 32.8 Å². The van der Waals surface area contributed by atoms with E-state index < -0.39 is 0 Å². The van der Waals surface area contributed by atoms with E-state index >= 15 is 0 Å². The van der Waals surface area contributed by atoms with Gasteiger partial charge in [0.15, 0.2) is 0 Å². The first-order valence-electron chi connectivity index (χ1n) is 7.05. The Labute approximate surface area is 105 Å². The molecule has 4 nitrogen and oxygen atoms in total. The van der Waals surface area contributed by atoms with Gasteiger partial charge in [-0.2, -0.15) is 0 Å². The fraction of sp³-hybridized carbons (Fsp3) is 1.00. The molecule has 0 bridgehead atoms. The van der Waals surface area contributed by atoms with Crippen molar-refractivity contribution >= 4 is 0 Å². The Bertz CT molecular complexity index is 203. The van der Waals surface area contributed by atoms with Crippen LogP contribution in [-0.4, -0.2) is 74.9 Å². The smallest absolute Gasteiger partial charge is 0.0829 e. The van der Waals surface area contributed by atoms with Crippen molar-refractivity contribution in [2.24, 2.45) is 0 Å². The molecular formula is C13H27N3O. The van der Waals surface area contributed by atoms with Crippen LogP contribution in [0.5, 0.6) is 0 Å². The predicted molar refractivity (Wildman–Crippen MR) is 70.4 cm³/mol. The Morgan fingerprint density at radius 1 is 1.24 bits per heavy atom. The van der Waals surface area contributed by atoms with E-state index in [4.69, 9.17) is 4.74 Å². The first-order valence-corrected chi connectivity index (χ1v) is 7.05. The molecule has 0 spiro atoms. The van der Waals surface area contributed by atoms with E-state index in [0.29, 0.717) is 12.1 Å². The molecule has 2 atom stereocenters. The summed E-state index contributed by atoms with van der Waals surface area (Å²) in [5.74, 6) is 0. The summed E-state index contributed by atoms with van der Waals surface area (Å²) in [6, 6.07) is 0.676. The van der Waals surface area contributed by atoms with E-state index in [1.54, 1.807) is 0 Å². The summed E-state index contributed by atoms with van der Waals surface area (Å²) < 4.78 is 5.88. The Morgan fingerprint density at radius 3 is 2.88 bits per heavy atom. The third kappa shape index (κ3) is 3.91. The lowest BCUT2D eigenvalue weighted by atomic mass is 10.1. The molecule has 4 heteroatoms. The first kappa shape index (κ1) is 13.3. The second-order valence-electron chi connectivity index (χ2n) is 5.27. The van der Waals surface area contributed by atoms with Gasteiger partial charge in [-0.05, 0) is 33.0 Å². The molecule has 0 saturated carbocycles. The van der Waals surface area contributed by atoms with Crippen molar-refractivity contribution < 1.29 is 4.74 Å². The highest BCUT2D eigenvalue weighted by atomic mass is 16.5. The minimum absolute atomic E-state index is 0.416. The number of likely N-dealkylation sites (tertiary alicyclic amines) is 1. The minimum atomic E-state index is 0.416. The lowest BCUT2D eigenvalue weighted by Gasteiger charge is -2.38. The van der Waals surface area contributed by atoms with Crippen molar-refractivity contribution in [3.05, 3.63) is 0 Å². The molecule has 0 aliphatic carbocycles. The highest BCUT2D eigenvalue weighted by Gasteiger charge is 2.24. The molecule has 0 aromatic carbocycles. The highest BCUT2D eigenvalue weighted by molar-refractivity contribution is 4.81. The van der Waals surface area contributed by atoms with Crippen LogP contribution in [0.4, 0.5) is 0 Å². The zero-order valence-electron chi connectivity index (χ0n) is 11.3. The van der Waals surface area contributed by atoms with E-state index in [1.807, 2.05) is 0 Å². The average Bonchev–Trinajstić information content (AvgIpc) is 2.39. The lowest BCUT2D eigenvalue weighted by Crippen LogP contribution is -2.51. The average molecular weight is 241 g/mol. The fourth-order valence-electron chi connectivity index (χ4n) is 2.92. The third-order valence-electron chi connectivity index (χ3n) is 4.05. The molecule has 2 unspecified atom stereocenters. The van der Waals surface area contributed by atoms with Crippen LogP contribution in [-0.2, 0) is 4.74 Å². The van der Waals surface area contributed by atoms with Gasteiger partial charge < -0.3 is 10.1 Å². The van der Waals surface area contributed by atoms with Gasteiger partial charge in [0.25, 0.3) is 0 Å². The summed E-state index contributed by atoms with van der Waals surface area (Å²) in [5.41, 5.74) is 0. The summed E-state index contributed by atoms with van der Waals surface area (Å²) >= 11 is 0. The lowest BCUT2D eigenvalue weighted by molar-refractivity contribution is -0.0449. The topological polar surface area (TPSA) is 27.7 Å². The van der Waals surface area contributed by atoms with E-state index in [-0.39, 0.29) is 0 Å². The number of nitrogens with zero attached hydrogens (tertiary/aromatic N) is 2. The highest BCUT2D eigenvalue weighted by Crippen LogP contribution is 2.13. The molecule has 0 radical (unpaired) electrons. The molecule has 2 rings (SSSR count). The number of piperidine rings is 1. The number of ether oxygens (including phenoxy) is 1. The zero-order valence-corrected chi connectivity index (χ0v) is 11.3. The van der Waals surface area contributed by atoms with Crippen molar-refractivity contribution in [3.63, 3.8) is 0 Å². The van der Waals surface area contributed by atoms with Crippen molar-refractivity contribution in [1.29, 1.82) is 0 Å². The molecule has 0 aromatic heterocycles. The summed E-state index contributed by atoms with van der Waals surface area (Å²) in [6.07, 6.45) is 3.05. The van der Waals surface area contributed by atoms with Crippen LogP contribution in [0.25, 0.3) is 0 Å². The van der Waals surface area contributed by atoms with Gasteiger partial charge in [-0.15, -0.1) is 0 Å². The quantitative estimate of drug-likeness (QED) is 0.771. The Kier molecular flexibility index (Phi) is 5.22. The number of nitrogens with one attached hydrogen (secondary N) is 1. The fourth-order valence-corrected chi connectivity index (χ4v) is 2.92. The van der Waals surface area contributed by atoms with E-state index in [2.05, 4.69) is 29.1 Å². The molecule has 2 aliphatic rings. The normalized spacial score (nSPS) is 32.8. The standard InChI is InChI=1S/C13H27N3O/c1-3-15-7-8-17-13(10-15)11-16-6-4-5-12(9-16)14-2/h12-14H,3-11H2,1-2H3. The molecule has 2 aliphatic heterocycles. The van der Waals surface area contributed by atoms with Crippen molar-refractivity contribution in [2.75, 3.05) is 52.9 Å². The van der Waals surface area contributed by atoms with Gasteiger partial charge >= 0.3 is 0 Å². The first-order chi connectivity index (χ1) is 8.31. The van der Waals surface area contributed by atoms with Gasteiger partial charge in [-0.25, -0.2) is 0 Å². The second kappa shape index (κ2) is 6.69. The van der Waals surface area contributed by atoms with Crippen LogP contribution in [0.1, 0.15) is 19.8 Å². The monoisotopic (exact) mass is 241 g/mol. The van der Waals surface area contributed by atoms with Gasteiger partial charge in [0.2, 0.25) is 0 Å². The van der Waals surface area contributed by atoms with Crippen LogP contribution in [0.3, 0.4) is 0 Å². The van der Waals surface area contributed by atoms with Gasteiger partial charge in [0, 0.05) is 32.2 Å². The predicted octanol–water partition coefficient (Wildman–Crippen LogP) is 0.391. The molecule has 100 valence electrons. The molecule has 0 aromatic rings. The van der Waals surface area contributed by atoms with Crippen LogP contribution >= 0.6 is 0 Å². The Morgan fingerprint density at radius 2 is 2.12 bits per heavy atom. The molecule has 2 fully saturated rings. The molecule has 17 heavy (non-hydrogen) atoms. The van der Waals surface area contributed by atoms with Crippen molar-refractivity contribution in [3.8, 4) is 0 Å². The zero-order chi connectivity index (χ0) is 12.1. The summed E-state index contributed by atoms with van der Waals surface area (Å²) in [4.78, 5) is 5.06. The third-order valence-corrected chi connectivity index (χ3v) is 4.05. The van der Waals surface area contributed by atoms with Crippen LogP contribution in [0, 0.1) is 0 Å². The number of hydrogen-bond donors (Lipinski definition) is 1. The molecule has 2 saturated heterocycles. The molecular weight excluding hydrogens is 214 g/mol. The maximum absolute atomic E-state index is 5.88. The maximum atomic E-state index is 5.88. The number of morpholine rings is 1. The van der Waals surface area contributed by atoms with Crippen LogP contribution in [0.2, 0.25) is 0 Å². The summed E-state index contributed by atoms with van der Waals surface area (Å²) in [5, 5.41) is 3.40. The van der Waals surface area contributed by atoms with Crippen molar-refractivity contribution in [2.45, 2.75) is 31.9 Å². The van der Waals surface area contributed by atoms with E-state index in [1.165, 1.54) is 25.9 Å². The maximum Gasteiger partial charge on any atom is 0.0829 e. The Balaban J connectivity index is 1.75. The number of hydrogen-bond acceptors (Lipinski definition) is 4.